The third-order valence-electron chi connectivity index (χ3n) is 3.17. The van der Waals surface area contributed by atoms with Crippen LogP contribution >= 0.6 is 0 Å². The van der Waals surface area contributed by atoms with Gasteiger partial charge in [-0.2, -0.15) is 0 Å². The van der Waals surface area contributed by atoms with E-state index < -0.39 is 13.0 Å². The molecule has 0 bridgehead atoms. The van der Waals surface area contributed by atoms with Gasteiger partial charge in [-0.15, -0.1) is 0 Å². The molecule has 1 aliphatic rings. The van der Waals surface area contributed by atoms with Gasteiger partial charge in [0, 0.05) is 12.3 Å². The van der Waals surface area contributed by atoms with Gasteiger partial charge in [-0.25, -0.2) is 8.78 Å². The quantitative estimate of drug-likeness (QED) is 0.699. The van der Waals surface area contributed by atoms with Crippen LogP contribution in [0.25, 0.3) is 0 Å². The molecule has 1 aromatic rings. The Bertz CT molecular complexity index is 392. The molecule has 2 atom stereocenters. The average molecular weight is 254 g/mol. The number of halogens is 2. The van der Waals surface area contributed by atoms with Crippen molar-refractivity contribution in [2.75, 3.05) is 13.2 Å². The van der Waals surface area contributed by atoms with Crippen molar-refractivity contribution in [3.8, 4) is 0 Å². The number of carbonyl (C=O) groups excluding carboxylic acids is 1. The van der Waals surface area contributed by atoms with Crippen molar-refractivity contribution in [3.63, 3.8) is 0 Å². The van der Waals surface area contributed by atoms with Crippen LogP contribution in [0.3, 0.4) is 0 Å². The van der Waals surface area contributed by atoms with Gasteiger partial charge >= 0.3 is 0 Å². The monoisotopic (exact) mass is 254 g/mol. The van der Waals surface area contributed by atoms with E-state index in [0.29, 0.717) is 5.92 Å². The maximum absolute atomic E-state index is 11.8. The van der Waals surface area contributed by atoms with Crippen molar-refractivity contribution in [1.29, 1.82) is 0 Å². The first kappa shape index (κ1) is 13.1. The number of rotatable bonds is 7. The van der Waals surface area contributed by atoms with Crippen LogP contribution in [0.4, 0.5) is 8.78 Å². The number of hydrogen-bond acceptors (Lipinski definition) is 2. The first-order chi connectivity index (χ1) is 8.68. The standard InChI is InChI=1S/C14H16F2O2/c15-14(16)9-18-7-6-13(17)12-8-11(12)10-4-2-1-3-5-10/h1-5,11-12,14H,6-9H2. The molecule has 0 aliphatic heterocycles. The summed E-state index contributed by atoms with van der Waals surface area (Å²) in [5, 5.41) is 0. The fourth-order valence-corrected chi connectivity index (χ4v) is 2.15. The lowest BCUT2D eigenvalue weighted by molar-refractivity contribution is -0.121. The van der Waals surface area contributed by atoms with Crippen molar-refractivity contribution >= 4 is 5.78 Å². The third-order valence-corrected chi connectivity index (χ3v) is 3.17. The van der Waals surface area contributed by atoms with Gasteiger partial charge in [0.2, 0.25) is 0 Å². The van der Waals surface area contributed by atoms with Crippen LogP contribution in [0, 0.1) is 5.92 Å². The van der Waals surface area contributed by atoms with E-state index in [1.807, 2.05) is 30.3 Å². The molecule has 0 heterocycles. The normalized spacial score (nSPS) is 22.2. The largest absolute Gasteiger partial charge is 0.375 e. The number of Topliss-reactive ketones (excluding diaryl/α,β-unsaturated/α-hetero) is 1. The molecule has 0 N–H and O–H groups in total. The zero-order valence-electron chi connectivity index (χ0n) is 10.0. The molecule has 18 heavy (non-hydrogen) atoms. The summed E-state index contributed by atoms with van der Waals surface area (Å²) in [5.41, 5.74) is 1.18. The van der Waals surface area contributed by atoms with E-state index in [9.17, 15) is 13.6 Å². The topological polar surface area (TPSA) is 26.3 Å². The molecule has 0 saturated heterocycles. The number of ether oxygens (including phenoxy) is 1. The van der Waals surface area contributed by atoms with Crippen LogP contribution in [0.2, 0.25) is 0 Å². The smallest absolute Gasteiger partial charge is 0.261 e. The van der Waals surface area contributed by atoms with Gasteiger partial charge in [-0.3, -0.25) is 4.79 Å². The van der Waals surface area contributed by atoms with E-state index in [4.69, 9.17) is 4.74 Å². The molecule has 1 aliphatic carbocycles. The minimum atomic E-state index is -2.46. The highest BCUT2D eigenvalue weighted by Gasteiger charge is 2.42. The summed E-state index contributed by atoms with van der Waals surface area (Å²) >= 11 is 0. The minimum absolute atomic E-state index is 0.0579. The van der Waals surface area contributed by atoms with Crippen LogP contribution in [-0.4, -0.2) is 25.4 Å². The van der Waals surface area contributed by atoms with Crippen molar-refractivity contribution in [3.05, 3.63) is 35.9 Å². The van der Waals surface area contributed by atoms with E-state index in [0.717, 1.165) is 6.42 Å². The first-order valence-corrected chi connectivity index (χ1v) is 6.12. The molecule has 0 aromatic heterocycles. The molecule has 1 fully saturated rings. The van der Waals surface area contributed by atoms with Crippen LogP contribution in [-0.2, 0) is 9.53 Å². The van der Waals surface area contributed by atoms with E-state index in [-0.39, 0.29) is 24.7 Å². The second-order valence-electron chi connectivity index (χ2n) is 4.54. The number of ketones is 1. The molecular weight excluding hydrogens is 238 g/mol. The van der Waals surface area contributed by atoms with Crippen LogP contribution in [0.1, 0.15) is 24.3 Å². The zero-order valence-corrected chi connectivity index (χ0v) is 10.0. The average Bonchev–Trinajstić information content (AvgIpc) is 3.15. The summed E-state index contributed by atoms with van der Waals surface area (Å²) in [6.07, 6.45) is -1.35. The Hall–Kier alpha value is -1.29. The Morgan fingerprint density at radius 1 is 1.33 bits per heavy atom. The molecule has 2 rings (SSSR count). The summed E-state index contributed by atoms with van der Waals surface area (Å²) in [7, 11) is 0. The van der Waals surface area contributed by atoms with E-state index in [1.54, 1.807) is 0 Å². The number of benzene rings is 1. The molecule has 4 heteroatoms. The lowest BCUT2D eigenvalue weighted by atomic mass is 10.1. The molecular formula is C14H16F2O2. The molecule has 0 radical (unpaired) electrons. The summed E-state index contributed by atoms with van der Waals surface area (Å²) < 4.78 is 28.3. The third kappa shape index (κ3) is 3.60. The SMILES string of the molecule is O=C(CCOCC(F)F)C1CC1c1ccccc1. The molecule has 1 aromatic carbocycles. The molecule has 2 nitrogen and oxygen atoms in total. The maximum atomic E-state index is 11.8. The highest BCUT2D eigenvalue weighted by Crippen LogP contribution is 2.48. The lowest BCUT2D eigenvalue weighted by Gasteiger charge is -2.03. The minimum Gasteiger partial charge on any atom is -0.375 e. The molecule has 1 saturated carbocycles. The van der Waals surface area contributed by atoms with Crippen LogP contribution < -0.4 is 0 Å². The first-order valence-electron chi connectivity index (χ1n) is 6.12. The Labute approximate surface area is 105 Å². The second kappa shape index (κ2) is 6.05. The second-order valence-corrected chi connectivity index (χ2v) is 4.54. The van der Waals surface area contributed by atoms with Gasteiger partial charge in [0.15, 0.2) is 0 Å². The Balaban J connectivity index is 1.70. The molecule has 98 valence electrons. The van der Waals surface area contributed by atoms with Crippen molar-refractivity contribution in [2.24, 2.45) is 5.92 Å². The summed E-state index contributed by atoms with van der Waals surface area (Å²) in [5.74, 6) is 0.495. The highest BCUT2D eigenvalue weighted by atomic mass is 19.3. The molecule has 0 spiro atoms. The van der Waals surface area contributed by atoms with Gasteiger partial charge in [0.05, 0.1) is 6.61 Å². The summed E-state index contributed by atoms with van der Waals surface area (Å²) in [6.45, 7) is -0.485. The summed E-state index contributed by atoms with van der Waals surface area (Å²) in [4.78, 5) is 11.8. The molecule has 2 unspecified atom stereocenters. The van der Waals surface area contributed by atoms with E-state index >= 15 is 0 Å². The van der Waals surface area contributed by atoms with Gasteiger partial charge < -0.3 is 4.74 Å². The Kier molecular flexibility index (Phi) is 4.42. The van der Waals surface area contributed by atoms with Gasteiger partial charge in [-0.1, -0.05) is 30.3 Å². The predicted molar refractivity (Wildman–Crippen MR) is 63.7 cm³/mol. The van der Waals surface area contributed by atoms with Crippen molar-refractivity contribution in [2.45, 2.75) is 25.2 Å². The lowest BCUT2D eigenvalue weighted by Crippen LogP contribution is -2.10. The fraction of sp³-hybridized carbons (Fsp3) is 0.500. The van der Waals surface area contributed by atoms with Gasteiger partial charge in [-0.05, 0) is 17.9 Å². The Morgan fingerprint density at radius 2 is 2.06 bits per heavy atom. The zero-order chi connectivity index (χ0) is 13.0. The van der Waals surface area contributed by atoms with Crippen molar-refractivity contribution < 1.29 is 18.3 Å². The maximum Gasteiger partial charge on any atom is 0.261 e. The van der Waals surface area contributed by atoms with E-state index in [2.05, 4.69) is 0 Å². The Morgan fingerprint density at radius 3 is 2.72 bits per heavy atom. The van der Waals surface area contributed by atoms with Crippen LogP contribution in [0.15, 0.2) is 30.3 Å². The summed E-state index contributed by atoms with van der Waals surface area (Å²) in [6, 6.07) is 9.90. The van der Waals surface area contributed by atoms with Gasteiger partial charge in [0.25, 0.3) is 6.43 Å². The van der Waals surface area contributed by atoms with E-state index in [1.165, 1.54) is 5.56 Å². The van der Waals surface area contributed by atoms with Crippen molar-refractivity contribution in [1.82, 2.24) is 0 Å². The number of alkyl halides is 2. The van der Waals surface area contributed by atoms with Crippen LogP contribution in [0.5, 0.6) is 0 Å². The highest BCUT2D eigenvalue weighted by molar-refractivity contribution is 5.85. The fourth-order valence-electron chi connectivity index (χ4n) is 2.15. The molecule has 0 amide bonds. The number of carbonyl (C=O) groups is 1. The van der Waals surface area contributed by atoms with Gasteiger partial charge in [0.1, 0.15) is 12.4 Å². The number of hydrogen-bond donors (Lipinski definition) is 0. The predicted octanol–water partition coefficient (Wildman–Crippen LogP) is 3.03.